The minimum Gasteiger partial charge on any atom is -0.493 e. The first-order chi connectivity index (χ1) is 31.0. The van der Waals surface area contributed by atoms with Crippen LogP contribution in [-0.2, 0) is 24.6 Å². The van der Waals surface area contributed by atoms with Gasteiger partial charge in [-0.25, -0.2) is 43.9 Å². The monoisotopic (exact) mass is 996 g/mol. The standard InChI is InChI=1S/C43H36F20O4/c44-27-19-25(20-28(45)35(27)40(54,55)56)66-42(60,61)37-31(48)15-23(16-32(37)49)64-13-9-5-1-3-7-11-39(52,53)12-8-4-2-6-10-14-65-24-17-33(50)38(34(51)18-24)43(62,63)67-26-21-29(46)36(30(47)22-26)41(57,58)59/h15-22H,1-14H2. The van der Waals surface area contributed by atoms with Crippen molar-refractivity contribution in [3.05, 3.63) is 117 Å². The van der Waals surface area contributed by atoms with E-state index >= 15 is 0 Å². The molecule has 0 bridgehead atoms. The summed E-state index contributed by atoms with van der Waals surface area (Å²) in [7, 11) is 0. The van der Waals surface area contributed by atoms with E-state index in [-0.39, 0.29) is 63.2 Å². The number of hydrogen-bond acceptors (Lipinski definition) is 4. The highest BCUT2D eigenvalue weighted by Crippen LogP contribution is 2.42. The molecule has 0 spiro atoms. The van der Waals surface area contributed by atoms with Crippen molar-refractivity contribution in [2.45, 2.75) is 108 Å². The third kappa shape index (κ3) is 15.3. The molecule has 4 aromatic rings. The fourth-order valence-corrected chi connectivity index (χ4v) is 6.52. The van der Waals surface area contributed by atoms with Crippen LogP contribution in [0.2, 0.25) is 0 Å². The summed E-state index contributed by atoms with van der Waals surface area (Å²) in [4.78, 5) is 0. The van der Waals surface area contributed by atoms with Gasteiger partial charge in [0.2, 0.25) is 5.92 Å². The van der Waals surface area contributed by atoms with Gasteiger partial charge in [0.1, 0.15) is 91.8 Å². The summed E-state index contributed by atoms with van der Waals surface area (Å²) in [5.41, 5.74) is -8.84. The molecule has 0 heterocycles. The first-order valence-corrected chi connectivity index (χ1v) is 19.9. The average Bonchev–Trinajstić information content (AvgIpc) is 3.14. The molecule has 0 radical (unpaired) electrons. The van der Waals surface area contributed by atoms with Crippen LogP contribution < -0.4 is 18.9 Å². The van der Waals surface area contributed by atoms with Crippen molar-refractivity contribution in [3.8, 4) is 23.0 Å². The lowest BCUT2D eigenvalue weighted by Gasteiger charge is -2.20. The minimum absolute atomic E-state index is 0.150. The van der Waals surface area contributed by atoms with Crippen LogP contribution in [0.15, 0.2) is 48.5 Å². The Morgan fingerprint density at radius 2 is 0.537 bits per heavy atom. The molecular weight excluding hydrogens is 960 g/mol. The second kappa shape index (κ2) is 22.2. The molecule has 0 aromatic heterocycles. The fraction of sp³-hybridized carbons (Fsp3) is 0.442. The Balaban J connectivity index is 1.08. The SMILES string of the molecule is Fc1cc(OC(F)(F)c2c(F)cc(OCCCCCCCC(F)(F)CCCCCCCOc3cc(F)c(C(F)(F)Oc4cc(F)c(C(F)(F)F)c(F)c4)c(F)c3)cc2F)cc(F)c1C(F)(F)F. The van der Waals surface area contributed by atoms with E-state index in [2.05, 4.69) is 9.47 Å². The highest BCUT2D eigenvalue weighted by molar-refractivity contribution is 5.37. The fourth-order valence-electron chi connectivity index (χ4n) is 6.52. The first kappa shape index (κ1) is 54.3. The summed E-state index contributed by atoms with van der Waals surface area (Å²) in [6, 6.07) is 0.467. The number of ether oxygens (including phenoxy) is 4. The molecule has 0 aliphatic rings. The van der Waals surface area contributed by atoms with Crippen LogP contribution >= 0.6 is 0 Å². The number of rotatable bonds is 24. The van der Waals surface area contributed by atoms with Crippen molar-refractivity contribution in [3.63, 3.8) is 0 Å². The molecule has 0 saturated carbocycles. The maximum absolute atomic E-state index is 14.6. The van der Waals surface area contributed by atoms with E-state index in [4.69, 9.17) is 9.47 Å². The lowest BCUT2D eigenvalue weighted by Crippen LogP contribution is -2.25. The maximum atomic E-state index is 14.6. The van der Waals surface area contributed by atoms with Crippen molar-refractivity contribution in [2.75, 3.05) is 13.2 Å². The summed E-state index contributed by atoms with van der Waals surface area (Å²) < 4.78 is 295. The topological polar surface area (TPSA) is 36.9 Å². The van der Waals surface area contributed by atoms with Gasteiger partial charge in [-0.05, 0) is 25.7 Å². The third-order valence-electron chi connectivity index (χ3n) is 9.61. The summed E-state index contributed by atoms with van der Waals surface area (Å²) in [5.74, 6) is -24.0. The van der Waals surface area contributed by atoms with Gasteiger partial charge < -0.3 is 18.9 Å². The van der Waals surface area contributed by atoms with Gasteiger partial charge in [0.15, 0.2) is 0 Å². The average molecular weight is 997 g/mol. The maximum Gasteiger partial charge on any atom is 0.432 e. The van der Waals surface area contributed by atoms with Crippen LogP contribution in [0, 0.1) is 46.5 Å². The highest BCUT2D eigenvalue weighted by atomic mass is 19.4. The highest BCUT2D eigenvalue weighted by Gasteiger charge is 2.45. The molecular formula is C43H36F20O4. The number of alkyl halides is 12. The summed E-state index contributed by atoms with van der Waals surface area (Å²) in [5, 5.41) is 0. The van der Waals surface area contributed by atoms with E-state index in [1.54, 1.807) is 0 Å². The predicted molar refractivity (Wildman–Crippen MR) is 196 cm³/mol. The molecule has 0 aliphatic carbocycles. The Bertz CT molecular complexity index is 2040. The second-order valence-electron chi connectivity index (χ2n) is 14.9. The smallest absolute Gasteiger partial charge is 0.432 e. The van der Waals surface area contributed by atoms with Crippen molar-refractivity contribution >= 4 is 0 Å². The van der Waals surface area contributed by atoms with E-state index in [0.717, 1.165) is 0 Å². The van der Waals surface area contributed by atoms with Crippen molar-refractivity contribution < 1.29 is 107 Å². The Hall–Kier alpha value is -5.32. The Morgan fingerprint density at radius 3 is 0.821 bits per heavy atom. The second-order valence-corrected chi connectivity index (χ2v) is 14.9. The first-order valence-electron chi connectivity index (χ1n) is 19.9. The zero-order valence-electron chi connectivity index (χ0n) is 34.2. The largest absolute Gasteiger partial charge is 0.493 e. The minimum atomic E-state index is -5.52. The van der Waals surface area contributed by atoms with Gasteiger partial charge in [-0.15, -0.1) is 0 Å². The van der Waals surface area contributed by atoms with Gasteiger partial charge >= 0.3 is 24.6 Å². The molecule has 4 rings (SSSR count). The summed E-state index contributed by atoms with van der Waals surface area (Å²) in [6.07, 6.45) is -18.4. The van der Waals surface area contributed by atoms with E-state index in [0.29, 0.717) is 62.8 Å². The van der Waals surface area contributed by atoms with Gasteiger partial charge in [0.25, 0.3) is 0 Å². The lowest BCUT2D eigenvalue weighted by molar-refractivity contribution is -0.190. The zero-order chi connectivity index (χ0) is 50.1. The van der Waals surface area contributed by atoms with E-state index < -0.39 is 135 Å². The Morgan fingerprint density at radius 1 is 0.299 bits per heavy atom. The van der Waals surface area contributed by atoms with Gasteiger partial charge in [-0.2, -0.15) is 43.9 Å². The van der Waals surface area contributed by atoms with Gasteiger partial charge in [0, 0.05) is 61.4 Å². The Labute approximate surface area is 367 Å². The van der Waals surface area contributed by atoms with Crippen LogP contribution in [0.25, 0.3) is 0 Å². The molecule has 4 nitrogen and oxygen atoms in total. The number of halogens is 20. The van der Waals surface area contributed by atoms with Crippen molar-refractivity contribution in [1.29, 1.82) is 0 Å². The summed E-state index contributed by atoms with van der Waals surface area (Å²) in [6.45, 7) is -0.345. The molecule has 372 valence electrons. The van der Waals surface area contributed by atoms with E-state index in [1.807, 2.05) is 0 Å². The molecule has 0 unspecified atom stereocenters. The van der Waals surface area contributed by atoms with Crippen LogP contribution in [0.3, 0.4) is 0 Å². The molecule has 0 amide bonds. The molecule has 67 heavy (non-hydrogen) atoms. The lowest BCUT2D eigenvalue weighted by atomic mass is 10.0. The zero-order valence-corrected chi connectivity index (χ0v) is 34.2. The van der Waals surface area contributed by atoms with E-state index in [1.165, 1.54) is 0 Å². The molecule has 0 aliphatic heterocycles. The molecule has 0 fully saturated rings. The van der Waals surface area contributed by atoms with Crippen LogP contribution in [0.1, 0.15) is 99.3 Å². The summed E-state index contributed by atoms with van der Waals surface area (Å²) >= 11 is 0. The van der Waals surface area contributed by atoms with Crippen molar-refractivity contribution in [1.82, 2.24) is 0 Å². The molecule has 4 aromatic carbocycles. The third-order valence-corrected chi connectivity index (χ3v) is 9.61. The van der Waals surface area contributed by atoms with Crippen LogP contribution in [0.4, 0.5) is 87.8 Å². The van der Waals surface area contributed by atoms with Gasteiger partial charge in [-0.3, -0.25) is 0 Å². The normalized spacial score (nSPS) is 12.7. The van der Waals surface area contributed by atoms with Crippen molar-refractivity contribution in [2.24, 2.45) is 0 Å². The Kier molecular flexibility index (Phi) is 18.0. The van der Waals surface area contributed by atoms with Gasteiger partial charge in [-0.1, -0.05) is 38.5 Å². The molecule has 24 heteroatoms. The molecule has 0 atom stereocenters. The van der Waals surface area contributed by atoms with Crippen LogP contribution in [-0.4, -0.2) is 19.1 Å². The van der Waals surface area contributed by atoms with Crippen LogP contribution in [0.5, 0.6) is 23.0 Å². The van der Waals surface area contributed by atoms with Gasteiger partial charge in [0.05, 0.1) is 13.2 Å². The number of hydrogen-bond donors (Lipinski definition) is 0. The predicted octanol–water partition coefficient (Wildman–Crippen LogP) is 15.9. The molecule has 0 N–H and O–H groups in total. The number of unbranched alkanes of at least 4 members (excludes halogenated alkanes) is 8. The quantitative estimate of drug-likeness (QED) is 0.0518. The van der Waals surface area contributed by atoms with E-state index in [9.17, 15) is 87.8 Å². The number of benzene rings is 4. The molecule has 0 saturated heterocycles.